The summed E-state index contributed by atoms with van der Waals surface area (Å²) in [6.07, 6.45) is 3.76. The second kappa shape index (κ2) is 3.87. The van der Waals surface area contributed by atoms with Crippen LogP contribution in [0, 0.1) is 0 Å². The average Bonchev–Trinajstić information content (AvgIpc) is 2.45. The summed E-state index contributed by atoms with van der Waals surface area (Å²) in [6, 6.07) is 1.86. The molecule has 1 fully saturated rings. The third kappa shape index (κ3) is 1.91. The van der Waals surface area contributed by atoms with Crippen LogP contribution < -0.4 is 4.90 Å². The summed E-state index contributed by atoms with van der Waals surface area (Å²) in [5.74, 6) is 0.0601. The zero-order valence-electron chi connectivity index (χ0n) is 7.28. The largest absolute Gasteiger partial charge is 0.309 e. The van der Waals surface area contributed by atoms with Crippen LogP contribution >= 0.6 is 27.5 Å². The number of aromatic nitrogens is 1. The molecule has 1 amide bonds. The van der Waals surface area contributed by atoms with E-state index >= 15 is 0 Å². The fourth-order valence-corrected chi connectivity index (χ4v) is 2.08. The van der Waals surface area contributed by atoms with Gasteiger partial charge in [0, 0.05) is 23.6 Å². The summed E-state index contributed by atoms with van der Waals surface area (Å²) in [5, 5.41) is -0.0820. The number of nitrogens with zero attached hydrogens (tertiary/aromatic N) is 2. The van der Waals surface area contributed by atoms with Crippen molar-refractivity contribution < 1.29 is 4.79 Å². The van der Waals surface area contributed by atoms with Gasteiger partial charge in [0.2, 0.25) is 5.91 Å². The highest BCUT2D eigenvalue weighted by Crippen LogP contribution is 2.25. The SMILES string of the molecule is O=C1CC(Cl)CN1c1cncc(Br)c1. The van der Waals surface area contributed by atoms with Crippen molar-refractivity contribution in [3.8, 4) is 0 Å². The van der Waals surface area contributed by atoms with E-state index in [1.165, 1.54) is 0 Å². The molecule has 1 saturated heterocycles. The molecule has 5 heteroatoms. The number of hydrogen-bond donors (Lipinski definition) is 0. The first-order valence-corrected chi connectivity index (χ1v) is 5.45. The highest BCUT2D eigenvalue weighted by Gasteiger charge is 2.29. The molecule has 0 bridgehead atoms. The van der Waals surface area contributed by atoms with Crippen molar-refractivity contribution in [1.82, 2.24) is 4.98 Å². The minimum absolute atomic E-state index is 0.0601. The van der Waals surface area contributed by atoms with Gasteiger partial charge < -0.3 is 4.90 Å². The van der Waals surface area contributed by atoms with Gasteiger partial charge in [-0.05, 0) is 22.0 Å². The molecular weight excluding hydrogens is 267 g/mol. The van der Waals surface area contributed by atoms with E-state index < -0.39 is 0 Å². The minimum Gasteiger partial charge on any atom is -0.309 e. The lowest BCUT2D eigenvalue weighted by atomic mass is 10.4. The standard InChI is InChI=1S/C9H8BrClN2O/c10-6-1-8(4-12-3-6)13-5-7(11)2-9(13)14/h1,3-4,7H,2,5H2. The molecule has 3 nitrogen and oxygen atoms in total. The van der Waals surface area contributed by atoms with Gasteiger partial charge in [-0.1, -0.05) is 0 Å². The number of pyridine rings is 1. The Labute approximate surface area is 95.2 Å². The Hall–Kier alpha value is -0.610. The van der Waals surface area contributed by atoms with E-state index in [-0.39, 0.29) is 11.3 Å². The Balaban J connectivity index is 2.27. The number of amides is 1. The number of rotatable bonds is 1. The average molecular weight is 276 g/mol. The summed E-state index contributed by atoms with van der Waals surface area (Å²) >= 11 is 9.21. The zero-order valence-corrected chi connectivity index (χ0v) is 9.62. The molecule has 0 radical (unpaired) electrons. The third-order valence-corrected chi connectivity index (χ3v) is 2.81. The quantitative estimate of drug-likeness (QED) is 0.736. The normalized spacial score (nSPS) is 21.7. The Kier molecular flexibility index (Phi) is 2.74. The molecule has 0 N–H and O–H groups in total. The minimum atomic E-state index is -0.0820. The highest BCUT2D eigenvalue weighted by molar-refractivity contribution is 9.10. The monoisotopic (exact) mass is 274 g/mol. The molecule has 2 rings (SSSR count). The van der Waals surface area contributed by atoms with Crippen molar-refractivity contribution in [2.24, 2.45) is 0 Å². The maximum atomic E-state index is 11.5. The van der Waals surface area contributed by atoms with Crippen molar-refractivity contribution in [2.45, 2.75) is 11.8 Å². The van der Waals surface area contributed by atoms with Gasteiger partial charge in [0.15, 0.2) is 0 Å². The first-order chi connectivity index (χ1) is 6.66. The van der Waals surface area contributed by atoms with Crippen molar-refractivity contribution in [3.05, 3.63) is 22.9 Å². The third-order valence-electron chi connectivity index (χ3n) is 2.08. The van der Waals surface area contributed by atoms with Gasteiger partial charge in [-0.2, -0.15) is 0 Å². The molecule has 1 unspecified atom stereocenters. The van der Waals surface area contributed by atoms with Gasteiger partial charge in [0.25, 0.3) is 0 Å². The van der Waals surface area contributed by atoms with E-state index in [4.69, 9.17) is 11.6 Å². The van der Waals surface area contributed by atoms with Crippen LogP contribution in [0.15, 0.2) is 22.9 Å². The van der Waals surface area contributed by atoms with E-state index in [0.717, 1.165) is 10.2 Å². The number of carbonyl (C=O) groups is 1. The van der Waals surface area contributed by atoms with E-state index in [2.05, 4.69) is 20.9 Å². The lowest BCUT2D eigenvalue weighted by molar-refractivity contribution is -0.117. The molecular formula is C9H8BrClN2O. The van der Waals surface area contributed by atoms with Crippen molar-refractivity contribution >= 4 is 39.1 Å². The van der Waals surface area contributed by atoms with Crippen molar-refractivity contribution in [2.75, 3.05) is 11.4 Å². The fraction of sp³-hybridized carbons (Fsp3) is 0.333. The van der Waals surface area contributed by atoms with E-state index in [1.807, 2.05) is 6.07 Å². The van der Waals surface area contributed by atoms with Crippen molar-refractivity contribution in [1.29, 1.82) is 0 Å². The molecule has 1 aliphatic rings. The predicted octanol–water partition coefficient (Wildman–Crippen LogP) is 2.19. The van der Waals surface area contributed by atoms with E-state index in [0.29, 0.717) is 13.0 Å². The Morgan fingerprint density at radius 1 is 1.57 bits per heavy atom. The second-order valence-corrected chi connectivity index (χ2v) is 4.70. The Morgan fingerprint density at radius 3 is 2.93 bits per heavy atom. The lowest BCUT2D eigenvalue weighted by Gasteiger charge is -2.15. The molecule has 2 heterocycles. The first-order valence-electron chi connectivity index (χ1n) is 4.22. The molecule has 1 aliphatic heterocycles. The summed E-state index contributed by atoms with van der Waals surface area (Å²) in [5.41, 5.74) is 0.799. The number of halogens is 2. The lowest BCUT2D eigenvalue weighted by Crippen LogP contribution is -2.24. The number of anilines is 1. The molecule has 0 aliphatic carbocycles. The molecule has 0 aromatic carbocycles. The second-order valence-electron chi connectivity index (χ2n) is 3.17. The summed E-state index contributed by atoms with van der Waals surface area (Å²) in [6.45, 7) is 0.568. The van der Waals surface area contributed by atoms with Crippen LogP contribution in [-0.4, -0.2) is 22.8 Å². The molecule has 1 aromatic heterocycles. The van der Waals surface area contributed by atoms with Crippen LogP contribution in [0.5, 0.6) is 0 Å². The van der Waals surface area contributed by atoms with Crippen LogP contribution in [0.1, 0.15) is 6.42 Å². The van der Waals surface area contributed by atoms with Gasteiger partial charge in [0.1, 0.15) is 0 Å². The Morgan fingerprint density at radius 2 is 2.36 bits per heavy atom. The molecule has 74 valence electrons. The zero-order chi connectivity index (χ0) is 10.1. The molecule has 14 heavy (non-hydrogen) atoms. The van der Waals surface area contributed by atoms with Gasteiger partial charge in [-0.15, -0.1) is 11.6 Å². The highest BCUT2D eigenvalue weighted by atomic mass is 79.9. The maximum Gasteiger partial charge on any atom is 0.228 e. The van der Waals surface area contributed by atoms with Crippen LogP contribution in [0.4, 0.5) is 5.69 Å². The molecule has 1 aromatic rings. The Bertz CT molecular complexity index is 372. The summed E-state index contributed by atoms with van der Waals surface area (Å²) in [7, 11) is 0. The van der Waals surface area contributed by atoms with E-state index in [1.54, 1.807) is 17.3 Å². The van der Waals surface area contributed by atoms with E-state index in [9.17, 15) is 4.79 Å². The van der Waals surface area contributed by atoms with Crippen LogP contribution in [0.3, 0.4) is 0 Å². The van der Waals surface area contributed by atoms with Crippen molar-refractivity contribution in [3.63, 3.8) is 0 Å². The smallest absolute Gasteiger partial charge is 0.228 e. The predicted molar refractivity (Wildman–Crippen MR) is 58.5 cm³/mol. The summed E-state index contributed by atoms with van der Waals surface area (Å²) < 4.78 is 0.862. The number of alkyl halides is 1. The van der Waals surface area contributed by atoms with Gasteiger partial charge in [0.05, 0.1) is 17.3 Å². The van der Waals surface area contributed by atoms with Gasteiger partial charge >= 0.3 is 0 Å². The van der Waals surface area contributed by atoms with Crippen LogP contribution in [0.2, 0.25) is 0 Å². The van der Waals surface area contributed by atoms with Gasteiger partial charge in [-0.25, -0.2) is 0 Å². The van der Waals surface area contributed by atoms with Crippen LogP contribution in [0.25, 0.3) is 0 Å². The number of hydrogen-bond acceptors (Lipinski definition) is 2. The first kappa shape index (κ1) is 9.93. The molecule has 0 saturated carbocycles. The van der Waals surface area contributed by atoms with Crippen LogP contribution in [-0.2, 0) is 4.79 Å². The molecule has 1 atom stereocenters. The van der Waals surface area contributed by atoms with Gasteiger partial charge in [-0.3, -0.25) is 9.78 Å². The fourth-order valence-electron chi connectivity index (χ4n) is 1.46. The summed E-state index contributed by atoms with van der Waals surface area (Å²) in [4.78, 5) is 17.2. The maximum absolute atomic E-state index is 11.5. The topological polar surface area (TPSA) is 33.2 Å². The number of carbonyl (C=O) groups excluding carboxylic acids is 1. The molecule has 0 spiro atoms.